The summed E-state index contributed by atoms with van der Waals surface area (Å²) in [6, 6.07) is 11.2. The molecule has 2 aromatic carbocycles. The number of pyridine rings is 1. The predicted octanol–water partition coefficient (Wildman–Crippen LogP) is 4.03. The van der Waals surface area contributed by atoms with Crippen LogP contribution in [0.3, 0.4) is 0 Å². The maximum atomic E-state index is 16.0. The fraction of sp³-hybridized carbons (Fsp3) is 0.333. The maximum absolute atomic E-state index is 16.0. The Hall–Kier alpha value is -3.27. The summed E-state index contributed by atoms with van der Waals surface area (Å²) in [7, 11) is 1.41. The zero-order chi connectivity index (χ0) is 26.2. The molecule has 1 unspecified atom stereocenters. The number of fused-ring (bicyclic) bond motifs is 1. The van der Waals surface area contributed by atoms with Crippen molar-refractivity contribution >= 4 is 23.2 Å². The monoisotopic (exact) mass is 528 g/mol. The number of aliphatic hydroxyl groups is 1. The zero-order valence-electron chi connectivity index (χ0n) is 20.2. The number of anilines is 1. The van der Waals surface area contributed by atoms with Gasteiger partial charge >= 0.3 is 0 Å². The molecule has 0 spiro atoms. The number of amides is 1. The highest BCUT2D eigenvalue weighted by atomic mass is 35.5. The molecule has 0 saturated carbocycles. The zero-order valence-corrected chi connectivity index (χ0v) is 21.0. The minimum absolute atomic E-state index is 0.0288. The minimum atomic E-state index is -0.958. The van der Waals surface area contributed by atoms with Gasteiger partial charge in [0.1, 0.15) is 12.4 Å². The van der Waals surface area contributed by atoms with Crippen molar-refractivity contribution in [3.63, 3.8) is 0 Å². The van der Waals surface area contributed by atoms with Gasteiger partial charge in [0.15, 0.2) is 5.82 Å². The molecule has 194 valence electrons. The number of benzene rings is 2. The molecule has 0 aliphatic carbocycles. The number of aromatic nitrogens is 1. The highest BCUT2D eigenvalue weighted by molar-refractivity contribution is 6.34. The van der Waals surface area contributed by atoms with E-state index in [-0.39, 0.29) is 41.0 Å². The van der Waals surface area contributed by atoms with Crippen molar-refractivity contribution in [2.24, 2.45) is 0 Å². The first-order valence-corrected chi connectivity index (χ1v) is 12.5. The molecule has 3 aromatic rings. The fourth-order valence-corrected chi connectivity index (χ4v) is 5.74. The molecule has 10 heteroatoms. The third-order valence-electron chi connectivity index (χ3n) is 7.12. The largest absolute Gasteiger partial charge is 0.473 e. The van der Waals surface area contributed by atoms with E-state index in [4.69, 9.17) is 21.4 Å². The van der Waals surface area contributed by atoms with Crippen molar-refractivity contribution in [1.82, 2.24) is 15.6 Å². The number of ether oxygens (including phenoxy) is 1. The van der Waals surface area contributed by atoms with Crippen LogP contribution in [0.5, 0.6) is 5.88 Å². The fourth-order valence-electron chi connectivity index (χ4n) is 5.47. The van der Waals surface area contributed by atoms with Gasteiger partial charge < -0.3 is 25.8 Å². The molecule has 1 saturated heterocycles. The number of nitrogens with one attached hydrogen (secondary N) is 3. The van der Waals surface area contributed by atoms with Crippen LogP contribution in [0.25, 0.3) is 11.1 Å². The van der Waals surface area contributed by atoms with Gasteiger partial charge in [0.25, 0.3) is 11.8 Å². The molecule has 0 bridgehead atoms. The Balaban J connectivity index is 1.75. The summed E-state index contributed by atoms with van der Waals surface area (Å²) in [5.74, 6) is -2.73. The second kappa shape index (κ2) is 10.2. The molecular weight excluding hydrogens is 502 g/mol. The average Bonchev–Trinajstić information content (AvgIpc) is 3.58. The van der Waals surface area contributed by atoms with Crippen molar-refractivity contribution in [3.05, 3.63) is 75.9 Å². The number of carbonyl (C=O) groups is 1. The molecule has 2 aliphatic rings. The van der Waals surface area contributed by atoms with Gasteiger partial charge in [-0.15, -0.1) is 0 Å². The minimum Gasteiger partial charge on any atom is -0.473 e. The lowest BCUT2D eigenvalue weighted by molar-refractivity contribution is 0.0962. The average molecular weight is 529 g/mol. The van der Waals surface area contributed by atoms with Gasteiger partial charge in [-0.25, -0.2) is 13.8 Å². The van der Waals surface area contributed by atoms with Crippen molar-refractivity contribution in [3.8, 4) is 17.0 Å². The Morgan fingerprint density at radius 3 is 2.76 bits per heavy atom. The Labute approximate surface area is 218 Å². The summed E-state index contributed by atoms with van der Waals surface area (Å²) < 4.78 is 36.6. The molecule has 1 aromatic heterocycles. The summed E-state index contributed by atoms with van der Waals surface area (Å²) in [5, 5.41) is 18.4. The summed E-state index contributed by atoms with van der Waals surface area (Å²) in [4.78, 5) is 16.7. The molecule has 5 rings (SSSR count). The van der Waals surface area contributed by atoms with Crippen molar-refractivity contribution in [1.29, 1.82) is 0 Å². The van der Waals surface area contributed by atoms with E-state index in [1.54, 1.807) is 0 Å². The van der Waals surface area contributed by atoms with Gasteiger partial charge in [-0.3, -0.25) is 4.79 Å². The Morgan fingerprint density at radius 1 is 1.30 bits per heavy atom. The molecule has 2 aliphatic heterocycles. The highest BCUT2D eigenvalue weighted by Gasteiger charge is 2.47. The van der Waals surface area contributed by atoms with Crippen LogP contribution in [-0.4, -0.2) is 48.8 Å². The molecule has 3 heterocycles. The van der Waals surface area contributed by atoms with E-state index in [2.05, 4.69) is 20.9 Å². The molecule has 37 heavy (non-hydrogen) atoms. The van der Waals surface area contributed by atoms with E-state index in [1.807, 2.05) is 30.3 Å². The van der Waals surface area contributed by atoms with E-state index in [1.165, 1.54) is 19.3 Å². The van der Waals surface area contributed by atoms with Gasteiger partial charge in [0, 0.05) is 42.5 Å². The lowest BCUT2D eigenvalue weighted by Gasteiger charge is -2.37. The van der Waals surface area contributed by atoms with E-state index in [9.17, 15) is 4.79 Å². The van der Waals surface area contributed by atoms with Gasteiger partial charge in [-0.1, -0.05) is 41.9 Å². The van der Waals surface area contributed by atoms with Crippen LogP contribution in [0.4, 0.5) is 14.5 Å². The number of aliphatic hydroxyl groups excluding tert-OH is 1. The van der Waals surface area contributed by atoms with Crippen molar-refractivity contribution < 1.29 is 23.4 Å². The third kappa shape index (κ3) is 4.31. The number of carbonyl (C=O) groups excluding carboxylic acids is 1. The molecule has 7 nitrogen and oxygen atoms in total. The maximum Gasteiger partial charge on any atom is 0.253 e. The van der Waals surface area contributed by atoms with Crippen LogP contribution >= 0.6 is 11.6 Å². The SMILES string of the molecule is CNC(=O)c1cnc(OCCO)c(F)c1-c1c(Cl)c(F)cc2c1C[C@](c1ccccc1)(C1CCCN1)N2. The molecule has 1 fully saturated rings. The van der Waals surface area contributed by atoms with Gasteiger partial charge in [-0.2, -0.15) is 0 Å². The topological polar surface area (TPSA) is 95.5 Å². The molecule has 1 amide bonds. The third-order valence-corrected chi connectivity index (χ3v) is 7.49. The van der Waals surface area contributed by atoms with Gasteiger partial charge in [0.05, 0.1) is 22.7 Å². The van der Waals surface area contributed by atoms with Crippen LogP contribution in [0.2, 0.25) is 5.02 Å². The molecule has 0 radical (unpaired) electrons. The van der Waals surface area contributed by atoms with Crippen LogP contribution in [-0.2, 0) is 12.0 Å². The number of hydrogen-bond acceptors (Lipinski definition) is 6. The second-order valence-electron chi connectivity index (χ2n) is 9.18. The van der Waals surface area contributed by atoms with Crippen LogP contribution in [0, 0.1) is 11.6 Å². The lowest BCUT2D eigenvalue weighted by Crippen LogP contribution is -2.50. The predicted molar refractivity (Wildman–Crippen MR) is 137 cm³/mol. The normalized spacial score (nSPS) is 20.4. The number of rotatable bonds is 7. The quantitative estimate of drug-likeness (QED) is 0.370. The Kier molecular flexibility index (Phi) is 7.02. The summed E-state index contributed by atoms with van der Waals surface area (Å²) in [6.07, 6.45) is 3.43. The summed E-state index contributed by atoms with van der Waals surface area (Å²) in [5.41, 5.74) is 1.20. The molecular formula is C27H27ClF2N4O3. The standard InChI is InChI=1S/C27H27ClF2N4O3/c1-31-25(36)17-14-33-26(37-11-10-35)24(30)22(17)21-16-13-27(20-8-5-9-32-20,15-6-3-2-4-7-15)34-19(16)12-18(29)23(21)28/h2-4,6-7,12,14,20,32,34-35H,5,8-11,13H2,1H3,(H,31,36)/t20?,27-/m0/s1. The van der Waals surface area contributed by atoms with E-state index in [0.717, 1.165) is 24.9 Å². The van der Waals surface area contributed by atoms with Crippen LogP contribution < -0.4 is 20.7 Å². The first-order valence-electron chi connectivity index (χ1n) is 12.1. The first kappa shape index (κ1) is 25.4. The lowest BCUT2D eigenvalue weighted by atomic mass is 9.78. The molecule has 2 atom stereocenters. The number of hydrogen-bond donors (Lipinski definition) is 4. The number of nitrogens with zero attached hydrogens (tertiary/aromatic N) is 1. The summed E-state index contributed by atoms with van der Waals surface area (Å²) in [6.45, 7) is 0.288. The van der Waals surface area contributed by atoms with Gasteiger partial charge in [0.2, 0.25) is 0 Å². The van der Waals surface area contributed by atoms with Crippen molar-refractivity contribution in [2.45, 2.75) is 30.8 Å². The van der Waals surface area contributed by atoms with Crippen molar-refractivity contribution in [2.75, 3.05) is 32.1 Å². The Morgan fingerprint density at radius 2 is 2.08 bits per heavy atom. The van der Waals surface area contributed by atoms with E-state index < -0.39 is 29.0 Å². The van der Waals surface area contributed by atoms with Crippen LogP contribution in [0.1, 0.15) is 34.3 Å². The highest BCUT2D eigenvalue weighted by Crippen LogP contribution is 2.51. The van der Waals surface area contributed by atoms with Crippen LogP contribution in [0.15, 0.2) is 42.6 Å². The second-order valence-corrected chi connectivity index (χ2v) is 9.56. The number of halogens is 3. The molecule has 4 N–H and O–H groups in total. The van der Waals surface area contributed by atoms with Gasteiger partial charge in [-0.05, 0) is 36.6 Å². The first-order chi connectivity index (χ1) is 17.9. The summed E-state index contributed by atoms with van der Waals surface area (Å²) >= 11 is 6.54. The van der Waals surface area contributed by atoms with E-state index >= 15 is 8.78 Å². The smallest absolute Gasteiger partial charge is 0.253 e. The van der Waals surface area contributed by atoms with E-state index in [0.29, 0.717) is 17.7 Å². The Bertz CT molecular complexity index is 1340.